The van der Waals surface area contributed by atoms with E-state index < -0.39 is 5.91 Å². The fraction of sp³-hybridized carbons (Fsp3) is 0.154. The molecule has 0 fully saturated rings. The predicted molar refractivity (Wildman–Crippen MR) is 143 cm³/mol. The molecule has 2 aliphatic rings. The molecule has 34 heavy (non-hydrogen) atoms. The molecular weight excluding hydrogens is 462 g/mol. The molecule has 2 aromatic carbocycles. The van der Waals surface area contributed by atoms with Crippen molar-refractivity contribution >= 4 is 51.9 Å². The SMILES string of the molecule is Cc1cccc(-n2c(C)cc(C=C3C(=N)N4C(SCc5ccccc5)=NSC4=NC3=O)c2C)c1. The summed E-state index contributed by atoms with van der Waals surface area (Å²) in [5, 5.41) is 9.94. The molecule has 8 heteroatoms. The van der Waals surface area contributed by atoms with Crippen molar-refractivity contribution < 1.29 is 4.79 Å². The molecule has 0 unspecified atom stereocenters. The van der Waals surface area contributed by atoms with Gasteiger partial charge in [-0.25, -0.2) is 4.90 Å². The maximum atomic E-state index is 12.9. The summed E-state index contributed by atoms with van der Waals surface area (Å²) in [5.74, 6) is 0.426. The molecule has 1 N–H and O–H groups in total. The zero-order valence-corrected chi connectivity index (χ0v) is 20.7. The van der Waals surface area contributed by atoms with E-state index in [0.29, 0.717) is 10.3 Å². The third-order valence-electron chi connectivity index (χ3n) is 5.74. The molecule has 2 aliphatic heterocycles. The van der Waals surface area contributed by atoms with Crippen LogP contribution < -0.4 is 0 Å². The topological polar surface area (TPSA) is 73.8 Å². The zero-order valence-electron chi connectivity index (χ0n) is 19.1. The average molecular weight is 486 g/mol. The van der Waals surface area contributed by atoms with Crippen LogP contribution >= 0.6 is 23.7 Å². The van der Waals surface area contributed by atoms with E-state index in [9.17, 15) is 4.79 Å². The van der Waals surface area contributed by atoms with Gasteiger partial charge in [0.2, 0.25) is 5.17 Å². The highest BCUT2D eigenvalue weighted by atomic mass is 32.2. The summed E-state index contributed by atoms with van der Waals surface area (Å²) in [6, 6.07) is 20.5. The van der Waals surface area contributed by atoms with Gasteiger partial charge in [-0.1, -0.05) is 54.2 Å². The van der Waals surface area contributed by atoms with E-state index in [0.717, 1.165) is 40.3 Å². The summed E-state index contributed by atoms with van der Waals surface area (Å²) in [4.78, 5) is 18.8. The lowest BCUT2D eigenvalue weighted by molar-refractivity contribution is -0.114. The number of aromatic nitrogens is 1. The Kier molecular flexibility index (Phi) is 6.02. The Hall–Kier alpha value is -3.36. The van der Waals surface area contributed by atoms with Crippen LogP contribution in [0.5, 0.6) is 0 Å². The molecule has 0 saturated heterocycles. The van der Waals surface area contributed by atoms with Gasteiger partial charge in [-0.05, 0) is 61.7 Å². The van der Waals surface area contributed by atoms with E-state index in [-0.39, 0.29) is 11.4 Å². The number of fused-ring (bicyclic) bond motifs is 1. The summed E-state index contributed by atoms with van der Waals surface area (Å²) in [7, 11) is 0. The minimum atomic E-state index is -0.409. The Morgan fingerprint density at radius 1 is 1.06 bits per heavy atom. The monoisotopic (exact) mass is 485 g/mol. The summed E-state index contributed by atoms with van der Waals surface area (Å²) in [6.07, 6.45) is 1.78. The van der Waals surface area contributed by atoms with Crippen LogP contribution in [0.2, 0.25) is 0 Å². The molecule has 0 bridgehead atoms. The zero-order chi connectivity index (χ0) is 23.8. The van der Waals surface area contributed by atoms with Gasteiger partial charge in [0.15, 0.2) is 5.17 Å². The van der Waals surface area contributed by atoms with Gasteiger partial charge in [0, 0.05) is 22.8 Å². The number of hydrogen-bond acceptors (Lipinski definition) is 5. The first-order chi connectivity index (χ1) is 16.4. The number of aliphatic imine (C=N–C) groups is 1. The van der Waals surface area contributed by atoms with Crippen LogP contribution in [-0.4, -0.2) is 31.5 Å². The Bertz CT molecular complexity index is 1400. The summed E-state index contributed by atoms with van der Waals surface area (Å²) < 4.78 is 6.64. The molecule has 6 nitrogen and oxygen atoms in total. The molecular formula is C26H23N5OS2. The third-order valence-corrected chi connectivity index (χ3v) is 7.56. The van der Waals surface area contributed by atoms with Crippen LogP contribution in [0.25, 0.3) is 11.8 Å². The van der Waals surface area contributed by atoms with Crippen molar-refractivity contribution in [3.8, 4) is 5.69 Å². The van der Waals surface area contributed by atoms with Crippen LogP contribution in [0.1, 0.15) is 28.1 Å². The largest absolute Gasteiger partial charge is 0.318 e. The minimum absolute atomic E-state index is 0.111. The number of nitrogens with zero attached hydrogens (tertiary/aromatic N) is 4. The van der Waals surface area contributed by atoms with Gasteiger partial charge in [-0.3, -0.25) is 10.2 Å². The van der Waals surface area contributed by atoms with Crippen LogP contribution in [0.4, 0.5) is 0 Å². The lowest BCUT2D eigenvalue weighted by Crippen LogP contribution is -2.41. The number of nitrogens with one attached hydrogen (secondary N) is 1. The van der Waals surface area contributed by atoms with Crippen LogP contribution in [0.3, 0.4) is 0 Å². The second-order valence-corrected chi connectivity index (χ2v) is 9.85. The summed E-state index contributed by atoms with van der Waals surface area (Å²) >= 11 is 2.68. The van der Waals surface area contributed by atoms with E-state index in [1.807, 2.05) is 44.2 Å². The fourth-order valence-electron chi connectivity index (χ4n) is 4.07. The van der Waals surface area contributed by atoms with Crippen molar-refractivity contribution in [3.05, 3.63) is 94.3 Å². The van der Waals surface area contributed by atoms with Crippen LogP contribution in [-0.2, 0) is 10.5 Å². The number of aryl methyl sites for hydroxylation is 2. The van der Waals surface area contributed by atoms with Crippen molar-refractivity contribution in [2.45, 2.75) is 26.5 Å². The predicted octanol–water partition coefficient (Wildman–Crippen LogP) is 5.91. The third kappa shape index (κ3) is 4.15. The van der Waals surface area contributed by atoms with Crippen LogP contribution in [0, 0.1) is 26.2 Å². The first kappa shape index (κ1) is 22.4. The number of thioether (sulfide) groups is 1. The van der Waals surface area contributed by atoms with Crippen LogP contribution in [0.15, 0.2) is 75.6 Å². The molecule has 0 saturated carbocycles. The molecule has 0 radical (unpaired) electrons. The Labute approximate surface area is 207 Å². The van der Waals surface area contributed by atoms with Gasteiger partial charge < -0.3 is 4.57 Å². The summed E-state index contributed by atoms with van der Waals surface area (Å²) in [6.45, 7) is 6.15. The number of hydrogen-bond donors (Lipinski definition) is 1. The summed E-state index contributed by atoms with van der Waals surface area (Å²) in [5.41, 5.74) is 6.66. The number of benzene rings is 2. The molecule has 3 aromatic rings. The number of amides is 1. The first-order valence-electron chi connectivity index (χ1n) is 10.8. The quantitative estimate of drug-likeness (QED) is 0.368. The van der Waals surface area contributed by atoms with Crippen molar-refractivity contribution in [2.75, 3.05) is 0 Å². The number of rotatable bonds is 4. The number of amidine groups is 3. The second-order valence-electron chi connectivity index (χ2n) is 8.18. The van der Waals surface area contributed by atoms with E-state index in [4.69, 9.17) is 5.41 Å². The number of carbonyl (C=O) groups is 1. The molecule has 170 valence electrons. The Morgan fingerprint density at radius 2 is 1.85 bits per heavy atom. The standard InChI is InChI=1S/C26H23N5OS2/c1-16-8-7-11-21(12-16)30-17(2)13-20(18(30)3)14-22-23(27)31-25(28-24(22)32)34-29-26(31)33-15-19-9-5-4-6-10-19/h4-14,27H,15H2,1-3H3. The Balaban J connectivity index is 1.45. The van der Waals surface area contributed by atoms with Gasteiger partial charge in [0.25, 0.3) is 5.91 Å². The normalized spacial score (nSPS) is 16.7. The lowest BCUT2D eigenvalue weighted by atomic mass is 10.1. The molecule has 0 aliphatic carbocycles. The van der Waals surface area contributed by atoms with Gasteiger partial charge >= 0.3 is 0 Å². The fourth-order valence-corrected chi connectivity index (χ4v) is 5.87. The van der Waals surface area contributed by atoms with Crippen molar-refractivity contribution in [2.24, 2.45) is 9.39 Å². The maximum absolute atomic E-state index is 12.9. The average Bonchev–Trinajstić information content (AvgIpc) is 3.35. The van der Waals surface area contributed by atoms with Crippen molar-refractivity contribution in [1.82, 2.24) is 9.47 Å². The highest BCUT2D eigenvalue weighted by molar-refractivity contribution is 8.18. The molecule has 0 atom stereocenters. The molecule has 1 amide bonds. The highest BCUT2D eigenvalue weighted by Gasteiger charge is 2.37. The van der Waals surface area contributed by atoms with Gasteiger partial charge in [0.1, 0.15) is 5.84 Å². The van der Waals surface area contributed by atoms with Crippen molar-refractivity contribution in [1.29, 1.82) is 5.41 Å². The second kappa shape index (κ2) is 9.12. The Morgan fingerprint density at radius 3 is 2.62 bits per heavy atom. The molecule has 3 heterocycles. The maximum Gasteiger partial charge on any atom is 0.283 e. The van der Waals surface area contributed by atoms with E-state index in [2.05, 4.69) is 51.2 Å². The van der Waals surface area contributed by atoms with Gasteiger partial charge in [-0.2, -0.15) is 9.39 Å². The highest BCUT2D eigenvalue weighted by Crippen LogP contribution is 2.33. The lowest BCUT2D eigenvalue weighted by Gasteiger charge is -2.24. The smallest absolute Gasteiger partial charge is 0.283 e. The van der Waals surface area contributed by atoms with E-state index >= 15 is 0 Å². The minimum Gasteiger partial charge on any atom is -0.318 e. The van der Waals surface area contributed by atoms with Gasteiger partial charge in [0.05, 0.1) is 17.5 Å². The van der Waals surface area contributed by atoms with Crippen molar-refractivity contribution in [3.63, 3.8) is 0 Å². The molecule has 5 rings (SSSR count). The molecule has 1 aromatic heterocycles. The molecule has 0 spiro atoms. The number of carbonyl (C=O) groups excluding carboxylic acids is 1. The van der Waals surface area contributed by atoms with E-state index in [1.165, 1.54) is 22.9 Å². The van der Waals surface area contributed by atoms with Gasteiger partial charge in [-0.15, -0.1) is 0 Å². The van der Waals surface area contributed by atoms with E-state index in [1.54, 1.807) is 11.0 Å². The first-order valence-corrected chi connectivity index (χ1v) is 12.6.